The molecule has 0 aromatic rings. The van der Waals surface area contributed by atoms with E-state index in [1.165, 1.54) is 77.0 Å². The van der Waals surface area contributed by atoms with Gasteiger partial charge in [0.05, 0.1) is 6.61 Å². The van der Waals surface area contributed by atoms with E-state index in [4.69, 9.17) is 18.5 Å². The van der Waals surface area contributed by atoms with Gasteiger partial charge in [-0.05, 0) is 38.5 Å². The van der Waals surface area contributed by atoms with Crippen molar-refractivity contribution in [3.05, 3.63) is 12.2 Å². The molecule has 6 N–H and O–H groups in total. The van der Waals surface area contributed by atoms with Crippen LogP contribution in [0.2, 0.25) is 0 Å². The lowest BCUT2D eigenvalue weighted by Crippen LogP contribution is -2.64. The van der Waals surface area contributed by atoms with E-state index < -0.39 is 75.7 Å². The van der Waals surface area contributed by atoms with E-state index in [9.17, 15) is 44.6 Å². The largest absolute Gasteiger partial charge is 0.472 e. The number of hydrogen-bond acceptors (Lipinski definition) is 12. The summed E-state index contributed by atoms with van der Waals surface area (Å²) in [4.78, 5) is 35.5. The number of carbonyl (C=O) groups excluding carboxylic acids is 2. The number of phosphoric ester groups is 1. The van der Waals surface area contributed by atoms with E-state index in [2.05, 4.69) is 26.0 Å². The van der Waals surface area contributed by atoms with Gasteiger partial charge >= 0.3 is 19.8 Å². The number of carbonyl (C=O) groups is 2. The molecule has 0 heterocycles. The second kappa shape index (κ2) is 32.5. The molecule has 0 bridgehead atoms. The van der Waals surface area contributed by atoms with Crippen molar-refractivity contribution in [2.75, 3.05) is 13.2 Å². The second-order valence-electron chi connectivity index (χ2n) is 15.2. The maximum Gasteiger partial charge on any atom is 0.472 e. The van der Waals surface area contributed by atoms with Crippen molar-refractivity contribution in [3.63, 3.8) is 0 Å². The SMILES string of the molecule is CCCCCCC=CCCCCCCCC(=O)OCC(COP(=O)(O)OC1C(O)C(O)C(O)C(O)C1O)OC(=O)CCCCCCCCCCCCCCC. The van der Waals surface area contributed by atoms with Crippen LogP contribution in [0.1, 0.15) is 181 Å². The van der Waals surface area contributed by atoms with Crippen LogP contribution >= 0.6 is 7.82 Å². The summed E-state index contributed by atoms with van der Waals surface area (Å²) >= 11 is 0. The molecule has 1 saturated carbocycles. The molecule has 6 unspecified atom stereocenters. The molecule has 1 aliphatic rings. The molecule has 1 fully saturated rings. The minimum atomic E-state index is -5.11. The number of phosphoric acid groups is 1. The summed E-state index contributed by atoms with van der Waals surface area (Å²) in [5.41, 5.74) is 0. The van der Waals surface area contributed by atoms with Crippen LogP contribution in [0, 0.1) is 0 Å². The Morgan fingerprint density at radius 2 is 0.927 bits per heavy atom. The van der Waals surface area contributed by atoms with E-state index in [1.54, 1.807) is 0 Å². The minimum absolute atomic E-state index is 0.100. The number of ether oxygens (including phenoxy) is 2. The Balaban J connectivity index is 2.50. The Morgan fingerprint density at radius 1 is 0.545 bits per heavy atom. The maximum absolute atomic E-state index is 12.8. The number of esters is 2. The van der Waals surface area contributed by atoms with Crippen LogP contribution in [-0.2, 0) is 32.7 Å². The Labute approximate surface area is 331 Å². The maximum atomic E-state index is 12.8. The summed E-state index contributed by atoms with van der Waals surface area (Å²) in [5.74, 6) is -1.10. The number of unbranched alkanes of at least 4 members (excludes halogenated alkanes) is 21. The van der Waals surface area contributed by atoms with Gasteiger partial charge in [0.25, 0.3) is 0 Å². The molecule has 1 rings (SSSR count). The first kappa shape index (κ1) is 51.6. The van der Waals surface area contributed by atoms with Crippen LogP contribution in [0.5, 0.6) is 0 Å². The smallest absolute Gasteiger partial charge is 0.462 e. The highest BCUT2D eigenvalue weighted by Crippen LogP contribution is 2.47. The summed E-state index contributed by atoms with van der Waals surface area (Å²) < 4.78 is 33.4. The Morgan fingerprint density at radius 3 is 1.40 bits per heavy atom. The topological polar surface area (TPSA) is 210 Å². The Kier molecular flexibility index (Phi) is 30.5. The van der Waals surface area contributed by atoms with Gasteiger partial charge in [0.15, 0.2) is 6.10 Å². The number of aliphatic hydroxyl groups excluding tert-OH is 5. The molecule has 14 heteroatoms. The van der Waals surface area contributed by atoms with Gasteiger partial charge in [0.1, 0.15) is 43.2 Å². The molecular weight excluding hydrogens is 731 g/mol. The molecular formula is C41H77O13P. The first-order valence-electron chi connectivity index (χ1n) is 21.5. The van der Waals surface area contributed by atoms with Crippen molar-refractivity contribution in [2.45, 2.75) is 224 Å². The van der Waals surface area contributed by atoms with Gasteiger partial charge in [0, 0.05) is 12.8 Å². The molecule has 0 saturated heterocycles. The third kappa shape index (κ3) is 25.5. The summed E-state index contributed by atoms with van der Waals surface area (Å²) in [6.45, 7) is 3.26. The lowest BCUT2D eigenvalue weighted by molar-refractivity contribution is -0.220. The minimum Gasteiger partial charge on any atom is -0.462 e. The zero-order valence-electron chi connectivity index (χ0n) is 34.0. The van der Waals surface area contributed by atoms with E-state index in [0.29, 0.717) is 12.8 Å². The van der Waals surface area contributed by atoms with Crippen LogP contribution in [-0.4, -0.2) is 98.3 Å². The molecule has 13 nitrogen and oxygen atoms in total. The lowest BCUT2D eigenvalue weighted by Gasteiger charge is -2.41. The molecule has 1 aliphatic carbocycles. The van der Waals surface area contributed by atoms with E-state index >= 15 is 0 Å². The van der Waals surface area contributed by atoms with Gasteiger partial charge in [-0.2, -0.15) is 0 Å². The van der Waals surface area contributed by atoms with Crippen molar-refractivity contribution in [3.8, 4) is 0 Å². The lowest BCUT2D eigenvalue weighted by atomic mass is 9.85. The third-order valence-corrected chi connectivity index (χ3v) is 11.1. The predicted octanol–water partition coefficient (Wildman–Crippen LogP) is 7.50. The molecule has 0 amide bonds. The van der Waals surface area contributed by atoms with Gasteiger partial charge in [-0.15, -0.1) is 0 Å². The summed E-state index contributed by atoms with van der Waals surface area (Å²) in [7, 11) is -5.11. The number of aliphatic hydroxyl groups is 5. The molecule has 0 radical (unpaired) electrons. The predicted molar refractivity (Wildman–Crippen MR) is 212 cm³/mol. The van der Waals surface area contributed by atoms with Crippen LogP contribution in [0.15, 0.2) is 12.2 Å². The Hall–Kier alpha value is -1.41. The van der Waals surface area contributed by atoms with Crippen molar-refractivity contribution in [1.82, 2.24) is 0 Å². The monoisotopic (exact) mass is 809 g/mol. The normalized spacial score (nSPS) is 23.1. The zero-order chi connectivity index (χ0) is 40.7. The number of allylic oxidation sites excluding steroid dienone is 2. The van der Waals surface area contributed by atoms with Crippen molar-refractivity contribution in [2.24, 2.45) is 0 Å². The summed E-state index contributed by atoms with van der Waals surface area (Å²) in [5, 5.41) is 50.0. The van der Waals surface area contributed by atoms with Crippen LogP contribution < -0.4 is 0 Å². The summed E-state index contributed by atoms with van der Waals surface area (Å²) in [6, 6.07) is 0. The number of rotatable bonds is 35. The van der Waals surface area contributed by atoms with Gasteiger partial charge in [-0.25, -0.2) is 4.57 Å². The highest BCUT2D eigenvalue weighted by molar-refractivity contribution is 7.47. The standard InChI is InChI=1S/C41H77O13P/c1-3-5-7-9-11-13-15-17-19-21-23-25-27-29-34(42)51-31-33(32-52-55(49,50)54-41-39(47)37(45)36(44)38(46)40(41)48)53-35(43)30-28-26-24-22-20-18-16-14-12-10-8-6-4-2/h13,15,33,36-41,44-48H,3-12,14,16-32H2,1-2H3,(H,49,50). The van der Waals surface area contributed by atoms with Crippen LogP contribution in [0.25, 0.3) is 0 Å². The highest BCUT2D eigenvalue weighted by Gasteiger charge is 2.51. The molecule has 0 spiro atoms. The fraction of sp³-hybridized carbons (Fsp3) is 0.902. The van der Waals surface area contributed by atoms with Crippen molar-refractivity contribution < 1.29 is 63.1 Å². The molecule has 324 valence electrons. The first-order chi connectivity index (χ1) is 26.4. The van der Waals surface area contributed by atoms with Gasteiger partial charge in [0.2, 0.25) is 0 Å². The average Bonchev–Trinajstić information content (AvgIpc) is 3.16. The van der Waals surface area contributed by atoms with E-state index in [0.717, 1.165) is 64.2 Å². The molecule has 55 heavy (non-hydrogen) atoms. The Bertz CT molecular complexity index is 1030. The van der Waals surface area contributed by atoms with Gasteiger partial charge < -0.3 is 39.9 Å². The van der Waals surface area contributed by atoms with Crippen molar-refractivity contribution >= 4 is 19.8 Å². The molecule has 6 atom stereocenters. The van der Waals surface area contributed by atoms with Crippen LogP contribution in [0.3, 0.4) is 0 Å². The average molecular weight is 809 g/mol. The van der Waals surface area contributed by atoms with E-state index in [1.807, 2.05) is 0 Å². The van der Waals surface area contributed by atoms with Crippen LogP contribution in [0.4, 0.5) is 0 Å². The van der Waals surface area contributed by atoms with E-state index in [-0.39, 0.29) is 12.8 Å². The van der Waals surface area contributed by atoms with Gasteiger partial charge in [-0.1, -0.05) is 142 Å². The summed E-state index contributed by atoms with van der Waals surface area (Å²) in [6.07, 6.45) is 18.5. The fourth-order valence-corrected chi connectivity index (χ4v) is 7.55. The van der Waals surface area contributed by atoms with Crippen molar-refractivity contribution in [1.29, 1.82) is 0 Å². The quantitative estimate of drug-likeness (QED) is 0.0159. The molecule has 0 aliphatic heterocycles. The fourth-order valence-electron chi connectivity index (χ4n) is 6.58. The highest BCUT2D eigenvalue weighted by atomic mass is 31.2. The zero-order valence-corrected chi connectivity index (χ0v) is 34.9. The third-order valence-electron chi connectivity index (χ3n) is 10.1. The van der Waals surface area contributed by atoms with Gasteiger partial charge in [-0.3, -0.25) is 18.6 Å². The first-order valence-corrected chi connectivity index (χ1v) is 23.0. The molecule has 0 aromatic carbocycles. The number of hydrogen-bond donors (Lipinski definition) is 6. The molecule has 0 aromatic heterocycles. The second-order valence-corrected chi connectivity index (χ2v) is 16.6.